The lowest BCUT2D eigenvalue weighted by Crippen LogP contribution is -2.28. The van der Waals surface area contributed by atoms with Crippen molar-refractivity contribution in [1.82, 2.24) is 0 Å². The summed E-state index contributed by atoms with van der Waals surface area (Å²) in [5.74, 6) is 0. The standard InChI is InChI=1S/C7H14O2Si/c1-10(2)8-6-4-3-5-7(6)9-10/h6-7H,3-5H2,1-2H3. The summed E-state index contributed by atoms with van der Waals surface area (Å²) in [4.78, 5) is 0. The van der Waals surface area contributed by atoms with Crippen molar-refractivity contribution in [3.63, 3.8) is 0 Å². The van der Waals surface area contributed by atoms with E-state index < -0.39 is 8.56 Å². The Hall–Kier alpha value is 0.137. The smallest absolute Gasteiger partial charge is 0.332 e. The van der Waals surface area contributed by atoms with E-state index in [1.807, 2.05) is 0 Å². The largest absolute Gasteiger partial charge is 0.389 e. The third-order valence-electron chi connectivity index (χ3n) is 2.26. The fourth-order valence-corrected chi connectivity index (χ4v) is 3.97. The van der Waals surface area contributed by atoms with Crippen molar-refractivity contribution in [2.24, 2.45) is 0 Å². The van der Waals surface area contributed by atoms with Gasteiger partial charge in [-0.2, -0.15) is 0 Å². The van der Waals surface area contributed by atoms with Gasteiger partial charge in [-0.05, 0) is 32.4 Å². The molecule has 10 heavy (non-hydrogen) atoms. The van der Waals surface area contributed by atoms with Crippen molar-refractivity contribution in [3.8, 4) is 0 Å². The zero-order chi connectivity index (χ0) is 7.19. The minimum absolute atomic E-state index is 0.460. The highest BCUT2D eigenvalue weighted by Crippen LogP contribution is 2.35. The van der Waals surface area contributed by atoms with Crippen LogP contribution in [0.3, 0.4) is 0 Å². The van der Waals surface area contributed by atoms with Crippen LogP contribution < -0.4 is 0 Å². The molecule has 2 nitrogen and oxygen atoms in total. The lowest BCUT2D eigenvalue weighted by Gasteiger charge is -2.13. The molecular formula is C7H14O2Si. The maximum absolute atomic E-state index is 5.79. The molecule has 0 aromatic heterocycles. The van der Waals surface area contributed by atoms with E-state index in [1.165, 1.54) is 19.3 Å². The molecule has 0 radical (unpaired) electrons. The number of rotatable bonds is 0. The van der Waals surface area contributed by atoms with Gasteiger partial charge in [0.05, 0.1) is 12.2 Å². The molecule has 1 heterocycles. The van der Waals surface area contributed by atoms with Crippen LogP contribution in [-0.4, -0.2) is 20.8 Å². The molecule has 0 amide bonds. The van der Waals surface area contributed by atoms with Crippen LogP contribution in [0, 0.1) is 0 Å². The van der Waals surface area contributed by atoms with Gasteiger partial charge in [-0.1, -0.05) is 0 Å². The van der Waals surface area contributed by atoms with Crippen LogP contribution in [0.5, 0.6) is 0 Å². The van der Waals surface area contributed by atoms with E-state index in [-0.39, 0.29) is 0 Å². The van der Waals surface area contributed by atoms with Gasteiger partial charge in [-0.25, -0.2) is 0 Å². The van der Waals surface area contributed by atoms with E-state index in [0.29, 0.717) is 12.2 Å². The topological polar surface area (TPSA) is 18.5 Å². The first kappa shape index (κ1) is 6.82. The predicted octanol–water partition coefficient (Wildman–Crippen LogP) is 1.66. The van der Waals surface area contributed by atoms with E-state index in [1.54, 1.807) is 0 Å². The van der Waals surface area contributed by atoms with E-state index in [4.69, 9.17) is 8.85 Å². The number of hydrogen-bond acceptors (Lipinski definition) is 2. The fraction of sp³-hybridized carbons (Fsp3) is 1.00. The van der Waals surface area contributed by atoms with Crippen molar-refractivity contribution < 1.29 is 8.85 Å². The summed E-state index contributed by atoms with van der Waals surface area (Å²) >= 11 is 0. The third kappa shape index (κ3) is 1.02. The third-order valence-corrected chi connectivity index (χ3v) is 4.00. The highest BCUT2D eigenvalue weighted by molar-refractivity contribution is 6.65. The molecule has 1 saturated heterocycles. The second-order valence-electron chi connectivity index (χ2n) is 3.64. The highest BCUT2D eigenvalue weighted by Gasteiger charge is 2.45. The van der Waals surface area contributed by atoms with Crippen LogP contribution in [0.2, 0.25) is 13.1 Å². The summed E-state index contributed by atoms with van der Waals surface area (Å²) in [6, 6.07) is 0. The van der Waals surface area contributed by atoms with Crippen molar-refractivity contribution in [1.29, 1.82) is 0 Å². The molecule has 1 aliphatic heterocycles. The monoisotopic (exact) mass is 158 g/mol. The van der Waals surface area contributed by atoms with Crippen LogP contribution in [0.4, 0.5) is 0 Å². The van der Waals surface area contributed by atoms with Gasteiger partial charge in [0.2, 0.25) is 0 Å². The molecule has 0 bridgehead atoms. The van der Waals surface area contributed by atoms with Gasteiger partial charge in [-0.3, -0.25) is 0 Å². The van der Waals surface area contributed by atoms with Crippen molar-refractivity contribution in [2.45, 2.75) is 44.6 Å². The maximum atomic E-state index is 5.79. The Morgan fingerprint density at radius 1 is 1.10 bits per heavy atom. The van der Waals surface area contributed by atoms with Gasteiger partial charge in [0, 0.05) is 0 Å². The summed E-state index contributed by atoms with van der Waals surface area (Å²) in [5, 5.41) is 0. The summed E-state index contributed by atoms with van der Waals surface area (Å²) in [5.41, 5.74) is 0. The predicted molar refractivity (Wildman–Crippen MR) is 41.1 cm³/mol. The molecule has 2 fully saturated rings. The van der Waals surface area contributed by atoms with Crippen LogP contribution in [0.15, 0.2) is 0 Å². The summed E-state index contributed by atoms with van der Waals surface area (Å²) in [7, 11) is -1.64. The molecule has 3 heteroatoms. The van der Waals surface area contributed by atoms with E-state index >= 15 is 0 Å². The summed E-state index contributed by atoms with van der Waals surface area (Å²) < 4.78 is 11.6. The Balaban J connectivity index is 2.07. The molecular weight excluding hydrogens is 144 g/mol. The molecule has 2 rings (SSSR count). The summed E-state index contributed by atoms with van der Waals surface area (Å²) in [6.45, 7) is 4.26. The minimum atomic E-state index is -1.64. The van der Waals surface area contributed by atoms with Crippen LogP contribution >= 0.6 is 0 Å². The molecule has 0 N–H and O–H groups in total. The van der Waals surface area contributed by atoms with E-state index in [2.05, 4.69) is 13.1 Å². The van der Waals surface area contributed by atoms with Gasteiger partial charge < -0.3 is 8.85 Å². The second kappa shape index (κ2) is 2.06. The quantitative estimate of drug-likeness (QED) is 0.499. The average Bonchev–Trinajstić information content (AvgIpc) is 2.20. The SMILES string of the molecule is C[Si]1(C)OC2CCCC2O1. The first-order chi connectivity index (χ1) is 4.67. The van der Waals surface area contributed by atoms with Crippen LogP contribution in [-0.2, 0) is 8.85 Å². The van der Waals surface area contributed by atoms with Crippen molar-refractivity contribution in [2.75, 3.05) is 0 Å². The molecule has 1 saturated carbocycles. The van der Waals surface area contributed by atoms with Crippen molar-refractivity contribution >= 4 is 8.56 Å². The average molecular weight is 158 g/mol. The van der Waals surface area contributed by atoms with E-state index in [9.17, 15) is 0 Å². The van der Waals surface area contributed by atoms with Gasteiger partial charge in [0.25, 0.3) is 0 Å². The lowest BCUT2D eigenvalue weighted by molar-refractivity contribution is 0.187. The minimum Gasteiger partial charge on any atom is -0.389 e. The fourth-order valence-electron chi connectivity index (χ4n) is 1.92. The molecule has 2 aliphatic rings. The van der Waals surface area contributed by atoms with Gasteiger partial charge in [-0.15, -0.1) is 0 Å². The zero-order valence-corrected chi connectivity index (χ0v) is 7.59. The van der Waals surface area contributed by atoms with Gasteiger partial charge in [0.1, 0.15) is 0 Å². The zero-order valence-electron chi connectivity index (χ0n) is 6.59. The Bertz CT molecular complexity index is 133. The Morgan fingerprint density at radius 2 is 1.60 bits per heavy atom. The Labute approximate surface area is 62.8 Å². The van der Waals surface area contributed by atoms with Crippen LogP contribution in [0.25, 0.3) is 0 Å². The molecule has 0 aromatic rings. The number of fused-ring (bicyclic) bond motifs is 1. The number of hydrogen-bond donors (Lipinski definition) is 0. The van der Waals surface area contributed by atoms with Gasteiger partial charge >= 0.3 is 8.56 Å². The molecule has 0 aromatic carbocycles. The second-order valence-corrected chi connectivity index (χ2v) is 6.91. The lowest BCUT2D eigenvalue weighted by atomic mass is 10.3. The highest BCUT2D eigenvalue weighted by atomic mass is 28.4. The normalized spacial score (nSPS) is 43.8. The Morgan fingerprint density at radius 3 is 2.10 bits per heavy atom. The Kier molecular flexibility index (Phi) is 1.41. The molecule has 58 valence electrons. The van der Waals surface area contributed by atoms with Gasteiger partial charge in [0.15, 0.2) is 0 Å². The first-order valence-electron chi connectivity index (χ1n) is 4.03. The first-order valence-corrected chi connectivity index (χ1v) is 6.85. The van der Waals surface area contributed by atoms with Crippen molar-refractivity contribution in [3.05, 3.63) is 0 Å². The maximum Gasteiger partial charge on any atom is 0.332 e. The molecule has 0 spiro atoms. The molecule has 2 unspecified atom stereocenters. The molecule has 2 atom stereocenters. The van der Waals surface area contributed by atoms with Crippen LogP contribution in [0.1, 0.15) is 19.3 Å². The van der Waals surface area contributed by atoms with E-state index in [0.717, 1.165) is 0 Å². The summed E-state index contributed by atoms with van der Waals surface area (Å²) in [6.07, 6.45) is 4.66. The molecule has 1 aliphatic carbocycles.